The van der Waals surface area contributed by atoms with Crippen LogP contribution < -0.4 is 11.1 Å². The summed E-state index contributed by atoms with van der Waals surface area (Å²) in [6.45, 7) is 6.16. The summed E-state index contributed by atoms with van der Waals surface area (Å²) >= 11 is 0. The maximum absolute atomic E-state index is 10.6. The number of aliphatic hydroxyl groups excluding tert-OH is 1. The number of hydrogen-bond acceptors (Lipinski definition) is 6. The Bertz CT molecular complexity index is 457. The Morgan fingerprint density at radius 3 is 2.58 bits per heavy atom. The number of nitrogens with one attached hydrogen (secondary N) is 1. The number of nitro groups is 1. The van der Waals surface area contributed by atoms with Gasteiger partial charge in [-0.25, -0.2) is 4.98 Å². The van der Waals surface area contributed by atoms with Crippen molar-refractivity contribution in [2.45, 2.75) is 33.2 Å². The summed E-state index contributed by atoms with van der Waals surface area (Å²) in [5, 5.41) is 22.9. The van der Waals surface area contributed by atoms with Crippen molar-refractivity contribution in [1.82, 2.24) is 4.98 Å². The second-order valence-corrected chi connectivity index (χ2v) is 5.43. The van der Waals surface area contributed by atoms with E-state index in [1.54, 1.807) is 0 Å². The molecule has 7 heteroatoms. The average molecular weight is 268 g/mol. The third kappa shape index (κ3) is 4.06. The number of nitrogens with zero attached hydrogens (tertiary/aromatic N) is 2. The molecule has 1 unspecified atom stereocenters. The van der Waals surface area contributed by atoms with Crippen LogP contribution in [-0.2, 0) is 0 Å². The molecule has 0 amide bonds. The molecule has 1 aromatic rings. The molecule has 0 radical (unpaired) electrons. The molecule has 0 aliphatic rings. The molecule has 1 atom stereocenters. The van der Waals surface area contributed by atoms with Gasteiger partial charge < -0.3 is 16.2 Å². The largest absolute Gasteiger partial charge is 0.396 e. The van der Waals surface area contributed by atoms with Crippen molar-refractivity contribution in [3.63, 3.8) is 0 Å². The van der Waals surface area contributed by atoms with Gasteiger partial charge in [0.25, 0.3) is 0 Å². The molecular weight excluding hydrogens is 248 g/mol. The Morgan fingerprint density at radius 1 is 1.53 bits per heavy atom. The van der Waals surface area contributed by atoms with Crippen LogP contribution in [0.2, 0.25) is 0 Å². The first-order chi connectivity index (χ1) is 8.75. The molecule has 1 heterocycles. The highest BCUT2D eigenvalue weighted by Gasteiger charge is 2.25. The standard InChI is InChI=1S/C12H20N4O3/c1-12(2,3)9(6-7-17)14-10-5-4-8(16(18)19)11(13)15-10/h4-5,9,17H,6-7H2,1-3H3,(H3,13,14,15). The van der Waals surface area contributed by atoms with Crippen LogP contribution in [0.4, 0.5) is 17.3 Å². The lowest BCUT2D eigenvalue weighted by molar-refractivity contribution is -0.384. The number of nitrogen functional groups attached to an aromatic ring is 1. The minimum atomic E-state index is -0.568. The molecule has 0 aromatic carbocycles. The average Bonchev–Trinajstić information content (AvgIpc) is 2.26. The van der Waals surface area contributed by atoms with Gasteiger partial charge in [-0.1, -0.05) is 20.8 Å². The number of aliphatic hydroxyl groups is 1. The van der Waals surface area contributed by atoms with Gasteiger partial charge in [0.2, 0.25) is 5.82 Å². The Balaban J connectivity index is 2.92. The highest BCUT2D eigenvalue weighted by Crippen LogP contribution is 2.27. The number of anilines is 2. The Morgan fingerprint density at radius 2 is 2.16 bits per heavy atom. The summed E-state index contributed by atoms with van der Waals surface area (Å²) in [7, 11) is 0. The summed E-state index contributed by atoms with van der Waals surface area (Å²) in [6, 6.07) is 2.83. The van der Waals surface area contributed by atoms with Crippen LogP contribution in [0.1, 0.15) is 27.2 Å². The van der Waals surface area contributed by atoms with Gasteiger partial charge in [-0.3, -0.25) is 10.1 Å². The second kappa shape index (κ2) is 5.83. The van der Waals surface area contributed by atoms with Crippen LogP contribution in [0.15, 0.2) is 12.1 Å². The number of rotatable bonds is 5. The van der Waals surface area contributed by atoms with Crippen molar-refractivity contribution in [3.8, 4) is 0 Å². The Kier molecular flexibility index (Phi) is 4.66. The first-order valence-corrected chi connectivity index (χ1v) is 6.04. The summed E-state index contributed by atoms with van der Waals surface area (Å²) in [6.07, 6.45) is 0.558. The second-order valence-electron chi connectivity index (χ2n) is 5.43. The van der Waals surface area contributed by atoms with E-state index in [2.05, 4.69) is 10.3 Å². The van der Waals surface area contributed by atoms with E-state index in [0.717, 1.165) is 0 Å². The molecule has 0 spiro atoms. The first-order valence-electron chi connectivity index (χ1n) is 6.04. The molecule has 4 N–H and O–H groups in total. The first kappa shape index (κ1) is 15.2. The number of pyridine rings is 1. The molecule has 0 aliphatic carbocycles. The lowest BCUT2D eigenvalue weighted by atomic mass is 9.85. The molecule has 106 valence electrons. The van der Waals surface area contributed by atoms with E-state index in [0.29, 0.717) is 12.2 Å². The van der Waals surface area contributed by atoms with E-state index in [9.17, 15) is 10.1 Å². The number of hydrogen-bond donors (Lipinski definition) is 3. The third-order valence-electron chi connectivity index (χ3n) is 2.88. The molecule has 19 heavy (non-hydrogen) atoms. The van der Waals surface area contributed by atoms with Gasteiger partial charge in [0.05, 0.1) is 4.92 Å². The molecule has 1 aromatic heterocycles. The summed E-state index contributed by atoms with van der Waals surface area (Å²) in [5.41, 5.74) is 5.25. The van der Waals surface area contributed by atoms with Gasteiger partial charge in [0.15, 0.2) is 0 Å². The molecule has 1 rings (SSSR count). The molecule has 7 nitrogen and oxygen atoms in total. The maximum atomic E-state index is 10.6. The zero-order valence-electron chi connectivity index (χ0n) is 11.4. The van der Waals surface area contributed by atoms with Crippen LogP contribution in [0.25, 0.3) is 0 Å². The fraction of sp³-hybridized carbons (Fsp3) is 0.583. The van der Waals surface area contributed by atoms with Gasteiger partial charge in [-0.05, 0) is 17.9 Å². The van der Waals surface area contributed by atoms with E-state index in [4.69, 9.17) is 10.8 Å². The van der Waals surface area contributed by atoms with Gasteiger partial charge >= 0.3 is 5.69 Å². The summed E-state index contributed by atoms with van der Waals surface area (Å²) in [4.78, 5) is 14.1. The van der Waals surface area contributed by atoms with Crippen LogP contribution in [-0.4, -0.2) is 27.7 Å². The van der Waals surface area contributed by atoms with Crippen molar-refractivity contribution in [2.24, 2.45) is 5.41 Å². The summed E-state index contributed by atoms with van der Waals surface area (Å²) < 4.78 is 0. The predicted octanol–water partition coefficient (Wildman–Crippen LogP) is 1.78. The monoisotopic (exact) mass is 268 g/mol. The number of nitrogens with two attached hydrogens (primary N) is 1. The van der Waals surface area contributed by atoms with Crippen molar-refractivity contribution < 1.29 is 10.0 Å². The SMILES string of the molecule is CC(C)(C)C(CCO)Nc1ccc([N+](=O)[O-])c(N)n1. The quantitative estimate of drug-likeness (QED) is 0.554. The lowest BCUT2D eigenvalue weighted by Gasteiger charge is -2.31. The topological polar surface area (TPSA) is 114 Å². The normalized spacial score (nSPS) is 13.1. The molecule has 0 aliphatic heterocycles. The van der Waals surface area contributed by atoms with Crippen molar-refractivity contribution in [1.29, 1.82) is 0 Å². The van der Waals surface area contributed by atoms with Gasteiger partial charge in [0, 0.05) is 18.7 Å². The zero-order valence-corrected chi connectivity index (χ0v) is 11.4. The molecular formula is C12H20N4O3. The van der Waals surface area contributed by atoms with Crippen LogP contribution in [0.5, 0.6) is 0 Å². The van der Waals surface area contributed by atoms with Crippen LogP contribution in [0, 0.1) is 15.5 Å². The van der Waals surface area contributed by atoms with E-state index in [1.807, 2.05) is 20.8 Å². The maximum Gasteiger partial charge on any atom is 0.311 e. The van der Waals surface area contributed by atoms with E-state index >= 15 is 0 Å². The minimum absolute atomic E-state index is 0.00847. The van der Waals surface area contributed by atoms with Crippen LogP contribution in [0.3, 0.4) is 0 Å². The highest BCUT2D eigenvalue weighted by molar-refractivity contribution is 5.57. The smallest absolute Gasteiger partial charge is 0.311 e. The molecule has 0 saturated heterocycles. The van der Waals surface area contributed by atoms with Crippen molar-refractivity contribution >= 4 is 17.3 Å². The summed E-state index contributed by atoms with van der Waals surface area (Å²) in [5.74, 6) is 0.350. The van der Waals surface area contributed by atoms with Crippen molar-refractivity contribution in [2.75, 3.05) is 17.7 Å². The molecule has 0 bridgehead atoms. The van der Waals surface area contributed by atoms with Crippen molar-refractivity contribution in [3.05, 3.63) is 22.2 Å². The lowest BCUT2D eigenvalue weighted by Crippen LogP contribution is -2.35. The molecule has 0 saturated carbocycles. The molecule has 0 fully saturated rings. The van der Waals surface area contributed by atoms with E-state index < -0.39 is 4.92 Å². The minimum Gasteiger partial charge on any atom is -0.396 e. The van der Waals surface area contributed by atoms with E-state index in [1.165, 1.54) is 12.1 Å². The predicted molar refractivity (Wildman–Crippen MR) is 73.9 cm³/mol. The third-order valence-corrected chi connectivity index (χ3v) is 2.88. The Labute approximate surface area is 112 Å². The fourth-order valence-electron chi connectivity index (χ4n) is 1.73. The van der Waals surface area contributed by atoms with Gasteiger partial charge in [-0.2, -0.15) is 0 Å². The van der Waals surface area contributed by atoms with Crippen LogP contribution >= 0.6 is 0 Å². The van der Waals surface area contributed by atoms with E-state index in [-0.39, 0.29) is 29.6 Å². The van der Waals surface area contributed by atoms with Gasteiger partial charge in [-0.15, -0.1) is 0 Å². The highest BCUT2D eigenvalue weighted by atomic mass is 16.6. The fourth-order valence-corrected chi connectivity index (χ4v) is 1.73. The number of aromatic nitrogens is 1. The van der Waals surface area contributed by atoms with Gasteiger partial charge in [0.1, 0.15) is 5.82 Å². The zero-order chi connectivity index (χ0) is 14.6. The Hall–Kier alpha value is -1.89.